The molecule has 1 aromatic carbocycles. The Morgan fingerprint density at radius 1 is 0.846 bits per heavy atom. The first-order chi connectivity index (χ1) is 24.7. The van der Waals surface area contributed by atoms with Gasteiger partial charge in [-0.05, 0) is 68.3 Å². The van der Waals surface area contributed by atoms with Gasteiger partial charge in [0.2, 0.25) is 29.4 Å². The molecule has 3 rings (SSSR count). The molecule has 1 saturated carbocycles. The fraction of sp³-hybridized carbons (Fsp3) is 0.675. The molecule has 12 heteroatoms. The maximum absolute atomic E-state index is 14.3. The van der Waals surface area contributed by atoms with Crippen LogP contribution in [-0.2, 0) is 33.6 Å². The number of hydrogen-bond donors (Lipinski definition) is 4. The maximum atomic E-state index is 14.3. The number of nitrogens with one attached hydrogen (secondary N) is 4. The highest BCUT2D eigenvalue weighted by Crippen LogP contribution is 2.43. The highest BCUT2D eigenvalue weighted by Gasteiger charge is 2.51. The smallest absolute Gasteiger partial charge is 0.290 e. The van der Waals surface area contributed by atoms with Crippen molar-refractivity contribution >= 4 is 41.1 Å². The number of Topliss-reactive ketones (excluding diaryl/α,β-unsaturated/α-hetero) is 2. The van der Waals surface area contributed by atoms with Crippen molar-refractivity contribution in [1.82, 2.24) is 26.2 Å². The second-order valence-corrected chi connectivity index (χ2v) is 15.3. The summed E-state index contributed by atoms with van der Waals surface area (Å²) in [6, 6.07) is 6.07. The van der Waals surface area contributed by atoms with Crippen LogP contribution in [0.3, 0.4) is 0 Å². The Kier molecular flexibility index (Phi) is 16.5. The Balaban J connectivity index is 1.73. The number of hydrogen-bond acceptors (Lipinski definition) is 7. The van der Waals surface area contributed by atoms with E-state index >= 15 is 0 Å². The van der Waals surface area contributed by atoms with Crippen LogP contribution in [0.4, 0.5) is 0 Å². The minimum Gasteiger partial charge on any atom is -0.359 e. The van der Waals surface area contributed by atoms with Gasteiger partial charge in [0, 0.05) is 38.8 Å². The zero-order valence-corrected chi connectivity index (χ0v) is 32.2. The molecular formula is C40H61N5O7. The van der Waals surface area contributed by atoms with Crippen molar-refractivity contribution < 1.29 is 33.6 Å². The molecule has 52 heavy (non-hydrogen) atoms. The van der Waals surface area contributed by atoms with Gasteiger partial charge in [0.1, 0.15) is 17.9 Å². The van der Waals surface area contributed by atoms with E-state index in [1.54, 1.807) is 18.9 Å². The second kappa shape index (κ2) is 20.2. The van der Waals surface area contributed by atoms with Gasteiger partial charge in [0.25, 0.3) is 5.91 Å². The molecule has 2 unspecified atom stereocenters. The van der Waals surface area contributed by atoms with E-state index in [1.807, 2.05) is 65.0 Å². The van der Waals surface area contributed by atoms with E-state index in [-0.39, 0.29) is 66.4 Å². The normalized spacial score (nSPS) is 20.4. The predicted octanol–water partition coefficient (Wildman–Crippen LogP) is 4.02. The summed E-state index contributed by atoms with van der Waals surface area (Å²) in [4.78, 5) is 94.6. The molecule has 0 spiro atoms. The van der Waals surface area contributed by atoms with E-state index in [0.29, 0.717) is 32.2 Å². The number of fused-ring (bicyclic) bond motifs is 1. The number of nitrogens with zero attached hydrogens (tertiary/aromatic N) is 1. The van der Waals surface area contributed by atoms with Crippen LogP contribution >= 0.6 is 0 Å². The van der Waals surface area contributed by atoms with E-state index < -0.39 is 47.7 Å². The van der Waals surface area contributed by atoms with Gasteiger partial charge in [0.15, 0.2) is 0 Å². The highest BCUT2D eigenvalue weighted by molar-refractivity contribution is 6.38. The summed E-state index contributed by atoms with van der Waals surface area (Å²) < 4.78 is 0. The standard InChI is InChI=1S/C40H61N5O7/c1-8-15-32(36(48)39(51)42-26(6)27-16-10-9-11-17-27)43-38(50)35-30-20-14-18-28(30)23-45(35)40(52)34(25(4)5)44-37(49)31(24(2)3)22-29(46)19-12-13-21-33(47)41-7/h9-11,16-17,24-26,28,30-32,34-35H,8,12-15,18-23H2,1-7H3,(H,41,47)(H,42,51)(H,43,50)(H,44,49)/t26-,28-,30-,31-,32?,34-,35?/m0/s1. The van der Waals surface area contributed by atoms with Crippen LogP contribution in [-0.4, -0.2) is 77.7 Å². The zero-order chi connectivity index (χ0) is 38.5. The molecule has 2 aliphatic rings. The van der Waals surface area contributed by atoms with Crippen molar-refractivity contribution in [2.45, 2.75) is 130 Å². The van der Waals surface area contributed by atoms with E-state index in [2.05, 4.69) is 21.3 Å². The quantitative estimate of drug-likeness (QED) is 0.116. The average molecular weight is 724 g/mol. The lowest BCUT2D eigenvalue weighted by Crippen LogP contribution is -2.59. The third-order valence-corrected chi connectivity index (χ3v) is 10.7. The molecule has 1 saturated heterocycles. The molecule has 1 heterocycles. The van der Waals surface area contributed by atoms with E-state index in [1.165, 1.54) is 0 Å². The molecule has 5 amide bonds. The molecule has 0 bridgehead atoms. The average Bonchev–Trinajstić information content (AvgIpc) is 3.72. The summed E-state index contributed by atoms with van der Waals surface area (Å²) in [5.41, 5.74) is 0.847. The monoisotopic (exact) mass is 723 g/mol. The number of ketones is 2. The zero-order valence-electron chi connectivity index (χ0n) is 32.2. The fourth-order valence-electron chi connectivity index (χ4n) is 7.60. The first-order valence-electron chi connectivity index (χ1n) is 19.2. The van der Waals surface area contributed by atoms with Gasteiger partial charge in [-0.25, -0.2) is 0 Å². The molecule has 0 radical (unpaired) electrons. The van der Waals surface area contributed by atoms with Crippen LogP contribution in [0.15, 0.2) is 30.3 Å². The number of carbonyl (C=O) groups excluding carboxylic acids is 7. The van der Waals surface area contributed by atoms with Crippen LogP contribution in [0, 0.1) is 29.6 Å². The SMILES string of the molecule is CCCC(NC(=O)C1[C@H]2CCC[C@H]2CN1C(=O)[C@@H](NC(=O)[C@@H](CC(=O)CCCCC(=O)NC)C(C)C)C(C)C)C(=O)C(=O)N[C@@H](C)c1ccccc1. The molecule has 1 aliphatic heterocycles. The number of benzene rings is 1. The lowest BCUT2D eigenvalue weighted by Gasteiger charge is -2.33. The Hall–Kier alpha value is -4.09. The second-order valence-electron chi connectivity index (χ2n) is 15.3. The predicted molar refractivity (Wildman–Crippen MR) is 198 cm³/mol. The minimum atomic E-state index is -1.05. The fourth-order valence-corrected chi connectivity index (χ4v) is 7.60. The topological polar surface area (TPSA) is 171 Å². The van der Waals surface area contributed by atoms with Crippen LogP contribution in [0.2, 0.25) is 0 Å². The molecule has 288 valence electrons. The van der Waals surface area contributed by atoms with Crippen molar-refractivity contribution in [3.63, 3.8) is 0 Å². The van der Waals surface area contributed by atoms with Gasteiger partial charge in [-0.2, -0.15) is 0 Å². The van der Waals surface area contributed by atoms with Crippen molar-refractivity contribution in [1.29, 1.82) is 0 Å². The lowest BCUT2D eigenvalue weighted by atomic mass is 9.88. The summed E-state index contributed by atoms with van der Waals surface area (Å²) in [5, 5.41) is 11.1. The third-order valence-electron chi connectivity index (χ3n) is 10.7. The van der Waals surface area contributed by atoms with E-state index in [9.17, 15) is 33.6 Å². The van der Waals surface area contributed by atoms with E-state index in [4.69, 9.17) is 0 Å². The number of amides is 5. The van der Waals surface area contributed by atoms with Gasteiger partial charge in [0.05, 0.1) is 12.1 Å². The summed E-state index contributed by atoms with van der Waals surface area (Å²) in [5.74, 6) is -3.97. The Morgan fingerprint density at radius 3 is 2.13 bits per heavy atom. The summed E-state index contributed by atoms with van der Waals surface area (Å²) in [6.07, 6.45) is 5.14. The van der Waals surface area contributed by atoms with Gasteiger partial charge in [-0.3, -0.25) is 33.6 Å². The molecule has 12 nitrogen and oxygen atoms in total. The van der Waals surface area contributed by atoms with Crippen molar-refractivity contribution in [3.05, 3.63) is 35.9 Å². The number of likely N-dealkylation sites (tertiary alicyclic amines) is 1. The number of unbranched alkanes of at least 4 members (excludes halogenated alkanes) is 1. The van der Waals surface area contributed by atoms with Crippen molar-refractivity contribution in [3.8, 4) is 0 Å². The van der Waals surface area contributed by atoms with Gasteiger partial charge >= 0.3 is 0 Å². The van der Waals surface area contributed by atoms with Crippen LogP contribution in [0.5, 0.6) is 0 Å². The summed E-state index contributed by atoms with van der Waals surface area (Å²) in [6.45, 7) is 11.4. The Morgan fingerprint density at radius 2 is 1.52 bits per heavy atom. The van der Waals surface area contributed by atoms with Crippen LogP contribution in [0.25, 0.3) is 0 Å². The lowest BCUT2D eigenvalue weighted by molar-refractivity contribution is -0.145. The first kappa shape index (κ1) is 42.3. The molecule has 1 aromatic rings. The summed E-state index contributed by atoms with van der Waals surface area (Å²) >= 11 is 0. The Bertz CT molecular complexity index is 1410. The van der Waals surface area contributed by atoms with Gasteiger partial charge in [-0.1, -0.05) is 77.8 Å². The van der Waals surface area contributed by atoms with Crippen LogP contribution < -0.4 is 21.3 Å². The van der Waals surface area contributed by atoms with E-state index in [0.717, 1.165) is 24.8 Å². The Labute approximate surface area is 309 Å². The maximum Gasteiger partial charge on any atom is 0.290 e. The third kappa shape index (κ3) is 11.5. The van der Waals surface area contributed by atoms with Gasteiger partial charge < -0.3 is 26.2 Å². The molecule has 2 fully saturated rings. The molecule has 0 aromatic heterocycles. The summed E-state index contributed by atoms with van der Waals surface area (Å²) in [7, 11) is 1.57. The van der Waals surface area contributed by atoms with Crippen LogP contribution in [0.1, 0.15) is 117 Å². The van der Waals surface area contributed by atoms with Crippen molar-refractivity contribution in [2.75, 3.05) is 13.6 Å². The first-order valence-corrected chi connectivity index (χ1v) is 19.2. The largest absolute Gasteiger partial charge is 0.359 e. The number of rotatable bonds is 20. The number of carbonyl (C=O) groups is 7. The molecule has 4 N–H and O–H groups in total. The van der Waals surface area contributed by atoms with Gasteiger partial charge in [-0.15, -0.1) is 0 Å². The molecular weight excluding hydrogens is 662 g/mol. The molecule has 1 aliphatic carbocycles. The molecule has 7 atom stereocenters. The highest BCUT2D eigenvalue weighted by atomic mass is 16.2. The minimum absolute atomic E-state index is 0.0337. The van der Waals surface area contributed by atoms with Crippen molar-refractivity contribution in [2.24, 2.45) is 29.6 Å².